The van der Waals surface area contributed by atoms with Crippen molar-refractivity contribution in [2.24, 2.45) is 0 Å². The molecule has 0 fully saturated rings. The third-order valence-electron chi connectivity index (χ3n) is 3.29. The lowest BCUT2D eigenvalue weighted by atomic mass is 10.2. The first kappa shape index (κ1) is 16.0. The van der Waals surface area contributed by atoms with Gasteiger partial charge < -0.3 is 0 Å². The molecular weight excluding hydrogens is 416 g/mol. The van der Waals surface area contributed by atoms with Gasteiger partial charge in [0, 0.05) is 8.95 Å². The lowest BCUT2D eigenvalue weighted by Gasteiger charge is -2.04. The Kier molecular flexibility index (Phi) is 5.26. The molecule has 0 bridgehead atoms. The van der Waals surface area contributed by atoms with Crippen molar-refractivity contribution >= 4 is 49.1 Å². The Morgan fingerprint density at radius 3 is 1.87 bits per heavy atom. The number of anilines is 1. The van der Waals surface area contributed by atoms with Gasteiger partial charge in [-0.1, -0.05) is 50.1 Å². The van der Waals surface area contributed by atoms with E-state index in [1.807, 2.05) is 66.7 Å². The second-order valence-electron chi connectivity index (χ2n) is 5.00. The van der Waals surface area contributed by atoms with E-state index < -0.39 is 0 Å². The summed E-state index contributed by atoms with van der Waals surface area (Å²) in [7, 11) is 0. The fourth-order valence-electron chi connectivity index (χ4n) is 2.14. The van der Waals surface area contributed by atoms with E-state index in [4.69, 9.17) is 0 Å². The van der Waals surface area contributed by atoms with Crippen LogP contribution in [0.25, 0.3) is 0 Å². The van der Waals surface area contributed by atoms with Crippen LogP contribution in [0.4, 0.5) is 11.4 Å². The third-order valence-corrected chi connectivity index (χ3v) is 4.35. The molecule has 0 unspecified atom stereocenters. The second kappa shape index (κ2) is 7.57. The summed E-state index contributed by atoms with van der Waals surface area (Å²) in [6, 6.07) is 26.5. The molecule has 3 rings (SSSR count). The molecule has 3 aromatic rings. The van der Waals surface area contributed by atoms with Crippen LogP contribution in [0, 0.1) is 0 Å². The minimum absolute atomic E-state index is 0.940. The average molecular weight is 431 g/mol. The molecule has 0 spiro atoms. The van der Waals surface area contributed by atoms with Crippen LogP contribution in [0.3, 0.4) is 0 Å². The van der Waals surface area contributed by atoms with Gasteiger partial charge in [0.15, 0.2) is 0 Å². The maximum Gasteiger partial charge on any atom is 0.285 e. The van der Waals surface area contributed by atoms with E-state index in [1.54, 1.807) is 0 Å². The van der Waals surface area contributed by atoms with E-state index in [0.717, 1.165) is 31.7 Å². The lowest BCUT2D eigenvalue weighted by Crippen LogP contribution is -2.68. The zero-order chi connectivity index (χ0) is 16.1. The Balaban J connectivity index is 1.96. The molecule has 0 saturated carbocycles. The first-order valence-electron chi connectivity index (χ1n) is 7.18. The van der Waals surface area contributed by atoms with Crippen LogP contribution in [0.5, 0.6) is 0 Å². The van der Waals surface area contributed by atoms with Crippen LogP contribution in [-0.4, -0.2) is 5.84 Å². The highest BCUT2D eigenvalue weighted by molar-refractivity contribution is 9.10. The molecule has 2 nitrogen and oxygen atoms in total. The van der Waals surface area contributed by atoms with E-state index in [-0.39, 0.29) is 0 Å². The van der Waals surface area contributed by atoms with Gasteiger partial charge in [-0.2, -0.15) is 0 Å². The van der Waals surface area contributed by atoms with Crippen LogP contribution in [-0.2, 0) is 0 Å². The van der Waals surface area contributed by atoms with Crippen LogP contribution in [0.15, 0.2) is 87.8 Å². The fraction of sp³-hybridized carbons (Fsp3) is 0. The van der Waals surface area contributed by atoms with Crippen LogP contribution >= 0.6 is 31.9 Å². The summed E-state index contributed by atoms with van der Waals surface area (Å²) in [4.78, 5) is 3.46. The van der Waals surface area contributed by atoms with Gasteiger partial charge >= 0.3 is 0 Å². The molecule has 0 aliphatic heterocycles. The number of halogens is 2. The van der Waals surface area contributed by atoms with Gasteiger partial charge in [0.25, 0.3) is 5.84 Å². The van der Waals surface area contributed by atoms with Crippen LogP contribution < -0.4 is 10.3 Å². The maximum atomic E-state index is 3.46. The number of amidine groups is 1. The summed E-state index contributed by atoms with van der Waals surface area (Å²) >= 11 is 6.92. The summed E-state index contributed by atoms with van der Waals surface area (Å²) in [5, 5.41) is 3.46. The summed E-state index contributed by atoms with van der Waals surface area (Å²) in [5.74, 6) is 0.940. The molecule has 0 amide bonds. The molecule has 23 heavy (non-hydrogen) atoms. The van der Waals surface area contributed by atoms with E-state index in [2.05, 4.69) is 54.3 Å². The van der Waals surface area contributed by atoms with Gasteiger partial charge in [-0.25, -0.2) is 10.3 Å². The molecule has 0 aliphatic rings. The molecule has 0 heterocycles. The molecule has 4 heteroatoms. The normalized spacial score (nSPS) is 11.3. The van der Waals surface area contributed by atoms with Gasteiger partial charge in [0.05, 0.1) is 5.56 Å². The summed E-state index contributed by atoms with van der Waals surface area (Å²) in [5.41, 5.74) is 3.15. The van der Waals surface area contributed by atoms with E-state index in [9.17, 15) is 0 Å². The maximum absolute atomic E-state index is 3.46. The number of hydrogen-bond donors (Lipinski definition) is 2. The van der Waals surface area contributed by atoms with Crippen molar-refractivity contribution in [3.05, 3.63) is 93.4 Å². The lowest BCUT2D eigenvalue weighted by molar-refractivity contribution is -0.352. The Morgan fingerprint density at radius 1 is 0.696 bits per heavy atom. The van der Waals surface area contributed by atoms with Crippen molar-refractivity contribution in [3.8, 4) is 0 Å². The van der Waals surface area contributed by atoms with Crippen molar-refractivity contribution in [2.45, 2.75) is 0 Å². The second-order valence-corrected chi connectivity index (χ2v) is 6.84. The Morgan fingerprint density at radius 2 is 1.26 bits per heavy atom. The smallest absolute Gasteiger partial charge is 0.240 e. The highest BCUT2D eigenvalue weighted by atomic mass is 79.9. The highest BCUT2D eigenvalue weighted by Gasteiger charge is 2.11. The highest BCUT2D eigenvalue weighted by Crippen LogP contribution is 2.15. The molecule has 114 valence electrons. The van der Waals surface area contributed by atoms with Gasteiger partial charge in [-0.3, -0.25) is 0 Å². The number of nitrogens with one attached hydrogen (secondary N) is 2. The summed E-state index contributed by atoms with van der Waals surface area (Å²) in [6.07, 6.45) is 0. The van der Waals surface area contributed by atoms with Crippen LogP contribution in [0.1, 0.15) is 5.56 Å². The molecule has 3 aromatic carbocycles. The molecule has 0 aliphatic carbocycles. The fourth-order valence-corrected chi connectivity index (χ4v) is 2.66. The molecule has 0 radical (unpaired) electrons. The monoisotopic (exact) mass is 429 g/mol. The van der Waals surface area contributed by atoms with E-state index >= 15 is 0 Å². The first-order chi connectivity index (χ1) is 11.2. The Bertz CT molecular complexity index is 795. The Labute approximate surface area is 152 Å². The average Bonchev–Trinajstić information content (AvgIpc) is 2.59. The quantitative estimate of drug-likeness (QED) is 0.464. The molecule has 2 N–H and O–H groups in total. The summed E-state index contributed by atoms with van der Waals surface area (Å²) in [6.45, 7) is 0. The Hall–Kier alpha value is -1.91. The van der Waals surface area contributed by atoms with Gasteiger partial charge in [0.2, 0.25) is 0 Å². The minimum atomic E-state index is 0.940. The van der Waals surface area contributed by atoms with Gasteiger partial charge in [0.1, 0.15) is 11.4 Å². The van der Waals surface area contributed by atoms with Crippen molar-refractivity contribution in [2.75, 3.05) is 5.32 Å². The molecule has 0 saturated heterocycles. The van der Waals surface area contributed by atoms with Gasteiger partial charge in [-0.05, 0) is 60.7 Å². The predicted octanol–water partition coefficient (Wildman–Crippen LogP) is 4.48. The number of benzene rings is 3. The molecule has 0 atom stereocenters. The third kappa shape index (κ3) is 4.53. The molecular formula is C19H15Br2N2+. The van der Waals surface area contributed by atoms with E-state index in [1.165, 1.54) is 0 Å². The van der Waals surface area contributed by atoms with Gasteiger partial charge in [-0.15, -0.1) is 0 Å². The predicted molar refractivity (Wildman–Crippen MR) is 103 cm³/mol. The van der Waals surface area contributed by atoms with Crippen molar-refractivity contribution in [1.82, 2.24) is 0 Å². The topological polar surface area (TPSA) is 26.0 Å². The zero-order valence-electron chi connectivity index (χ0n) is 12.3. The SMILES string of the molecule is Brc1ccc(NC(=[NH+]c2ccc(Br)cc2)c2ccccc2)cc1. The van der Waals surface area contributed by atoms with Crippen molar-refractivity contribution < 1.29 is 4.99 Å². The molecule has 0 aromatic heterocycles. The van der Waals surface area contributed by atoms with E-state index in [0.29, 0.717) is 0 Å². The minimum Gasteiger partial charge on any atom is -0.240 e. The van der Waals surface area contributed by atoms with Crippen LogP contribution in [0.2, 0.25) is 0 Å². The first-order valence-corrected chi connectivity index (χ1v) is 8.77. The zero-order valence-corrected chi connectivity index (χ0v) is 15.4. The summed E-state index contributed by atoms with van der Waals surface area (Å²) < 4.78 is 2.12. The van der Waals surface area contributed by atoms with Crippen molar-refractivity contribution in [1.29, 1.82) is 0 Å². The standard InChI is InChI=1S/C19H14Br2N2/c20-15-6-10-17(11-7-15)22-19(14-4-2-1-3-5-14)23-18-12-8-16(21)9-13-18/h1-13H,(H,22,23)/p+1. The van der Waals surface area contributed by atoms with Crippen molar-refractivity contribution in [3.63, 3.8) is 0 Å². The number of rotatable bonds is 3. The largest absolute Gasteiger partial charge is 0.285 e. The number of hydrogen-bond acceptors (Lipinski definition) is 0.